The molecule has 2 nitrogen and oxygen atoms in total. The molecule has 1 aromatic heterocycles. The normalized spacial score (nSPS) is 19.4. The van der Waals surface area contributed by atoms with Crippen molar-refractivity contribution < 1.29 is 4.39 Å². The average Bonchev–Trinajstić information content (AvgIpc) is 2.74. The molecule has 0 saturated heterocycles. The molecule has 0 amide bonds. The molecular formula is C26H37FN2. The van der Waals surface area contributed by atoms with Gasteiger partial charge in [-0.05, 0) is 67.3 Å². The quantitative estimate of drug-likeness (QED) is 0.387. The molecule has 1 aliphatic rings. The average molecular weight is 397 g/mol. The number of unbranched alkanes of at least 4 members (excludes halogenated alkanes) is 2. The number of nitrogens with zero attached hydrogens (tertiary/aromatic N) is 2. The van der Waals surface area contributed by atoms with Crippen molar-refractivity contribution >= 4 is 0 Å². The van der Waals surface area contributed by atoms with Gasteiger partial charge in [-0.1, -0.05) is 71.3 Å². The fraction of sp³-hybridized carbons (Fsp3) is 0.615. The Hall–Kier alpha value is -1.77. The van der Waals surface area contributed by atoms with Crippen LogP contribution >= 0.6 is 0 Å². The fourth-order valence-corrected chi connectivity index (χ4v) is 4.70. The van der Waals surface area contributed by atoms with Crippen LogP contribution in [0.1, 0.15) is 89.3 Å². The largest absolute Gasteiger partial charge is 0.206 e. The molecule has 0 N–H and O–H groups in total. The second-order valence-corrected chi connectivity index (χ2v) is 8.90. The zero-order valence-corrected chi connectivity index (χ0v) is 18.3. The van der Waals surface area contributed by atoms with E-state index in [1.807, 2.05) is 18.2 Å². The molecule has 3 rings (SSSR count). The van der Waals surface area contributed by atoms with Crippen molar-refractivity contribution in [2.24, 2.45) is 11.8 Å². The van der Waals surface area contributed by atoms with E-state index in [9.17, 15) is 4.39 Å². The summed E-state index contributed by atoms with van der Waals surface area (Å²) >= 11 is 0. The third kappa shape index (κ3) is 6.62. The van der Waals surface area contributed by atoms with E-state index in [2.05, 4.69) is 30.1 Å². The molecular weight excluding hydrogens is 359 g/mol. The summed E-state index contributed by atoms with van der Waals surface area (Å²) in [5, 5.41) is 8.56. The Bertz CT molecular complexity index is 733. The van der Waals surface area contributed by atoms with Crippen LogP contribution in [0.2, 0.25) is 0 Å². The van der Waals surface area contributed by atoms with Gasteiger partial charge in [-0.25, -0.2) is 4.39 Å². The van der Waals surface area contributed by atoms with Crippen LogP contribution in [0.25, 0.3) is 11.3 Å². The van der Waals surface area contributed by atoms with Gasteiger partial charge >= 0.3 is 0 Å². The number of aromatic nitrogens is 2. The maximum Gasteiger partial charge on any atom is 0.132 e. The molecule has 3 heteroatoms. The maximum absolute atomic E-state index is 14.7. The molecule has 2 aromatic rings. The van der Waals surface area contributed by atoms with E-state index in [4.69, 9.17) is 0 Å². The lowest BCUT2D eigenvalue weighted by atomic mass is 9.78. The van der Waals surface area contributed by atoms with Crippen LogP contribution in [-0.4, -0.2) is 10.2 Å². The van der Waals surface area contributed by atoms with Crippen molar-refractivity contribution in [2.45, 2.75) is 90.9 Å². The second-order valence-electron chi connectivity index (χ2n) is 8.90. The Labute approximate surface area is 176 Å². The molecule has 0 bridgehead atoms. The summed E-state index contributed by atoms with van der Waals surface area (Å²) < 4.78 is 14.7. The first kappa shape index (κ1) is 21.9. The summed E-state index contributed by atoms with van der Waals surface area (Å²) in [5.74, 6) is 1.59. The van der Waals surface area contributed by atoms with Gasteiger partial charge in [-0.15, -0.1) is 0 Å². The highest BCUT2D eigenvalue weighted by molar-refractivity contribution is 5.59. The maximum atomic E-state index is 14.7. The number of hydrogen-bond acceptors (Lipinski definition) is 2. The van der Waals surface area contributed by atoms with Crippen molar-refractivity contribution in [3.05, 3.63) is 47.4 Å². The number of benzene rings is 1. The third-order valence-corrected chi connectivity index (χ3v) is 6.57. The van der Waals surface area contributed by atoms with Crippen molar-refractivity contribution in [3.63, 3.8) is 0 Å². The molecule has 1 fully saturated rings. The number of hydrogen-bond donors (Lipinski definition) is 0. The molecule has 29 heavy (non-hydrogen) atoms. The van der Waals surface area contributed by atoms with Crippen LogP contribution in [0.5, 0.6) is 0 Å². The topological polar surface area (TPSA) is 25.8 Å². The van der Waals surface area contributed by atoms with E-state index in [0.717, 1.165) is 42.4 Å². The monoisotopic (exact) mass is 396 g/mol. The van der Waals surface area contributed by atoms with Crippen molar-refractivity contribution in [3.8, 4) is 11.3 Å². The van der Waals surface area contributed by atoms with E-state index in [-0.39, 0.29) is 5.82 Å². The summed E-state index contributed by atoms with van der Waals surface area (Å²) in [6.07, 6.45) is 14.8. The number of aryl methyl sites for hydroxylation is 2. The first-order chi connectivity index (χ1) is 14.2. The third-order valence-electron chi connectivity index (χ3n) is 6.57. The van der Waals surface area contributed by atoms with Crippen LogP contribution in [-0.2, 0) is 12.8 Å². The fourth-order valence-electron chi connectivity index (χ4n) is 4.70. The first-order valence-electron chi connectivity index (χ1n) is 11.8. The molecule has 0 unspecified atom stereocenters. The Kier molecular flexibility index (Phi) is 8.64. The molecule has 0 spiro atoms. The van der Waals surface area contributed by atoms with E-state index in [1.165, 1.54) is 57.8 Å². The van der Waals surface area contributed by atoms with Gasteiger partial charge in [0.1, 0.15) is 5.82 Å². The van der Waals surface area contributed by atoms with Crippen LogP contribution in [0.3, 0.4) is 0 Å². The van der Waals surface area contributed by atoms with Gasteiger partial charge in [0.2, 0.25) is 0 Å². The Morgan fingerprint density at radius 2 is 1.59 bits per heavy atom. The Balaban J connectivity index is 1.52. The molecule has 0 radical (unpaired) electrons. The van der Waals surface area contributed by atoms with Gasteiger partial charge in [0.25, 0.3) is 0 Å². The van der Waals surface area contributed by atoms with E-state index >= 15 is 0 Å². The Morgan fingerprint density at radius 1 is 0.828 bits per heavy atom. The zero-order valence-electron chi connectivity index (χ0n) is 18.3. The second kappa shape index (κ2) is 11.4. The van der Waals surface area contributed by atoms with Crippen molar-refractivity contribution in [1.29, 1.82) is 0 Å². The molecule has 1 heterocycles. The molecule has 0 atom stereocenters. The van der Waals surface area contributed by atoms with Gasteiger partial charge in [-0.2, -0.15) is 10.2 Å². The minimum Gasteiger partial charge on any atom is -0.206 e. The lowest BCUT2D eigenvalue weighted by Crippen LogP contribution is -2.15. The molecule has 158 valence electrons. The van der Waals surface area contributed by atoms with E-state index < -0.39 is 0 Å². The molecule has 1 aliphatic carbocycles. The summed E-state index contributed by atoms with van der Waals surface area (Å²) in [4.78, 5) is 0. The standard InChI is InChI=1S/C26H37FN2/c1-3-5-6-8-23-16-18-26(29-28-23)24-17-15-22(19-25(24)27)14-13-21-11-9-20(7-4-2)10-12-21/h15-21H,3-14H2,1-2H3. The summed E-state index contributed by atoms with van der Waals surface area (Å²) in [5.41, 5.74) is 3.28. The van der Waals surface area contributed by atoms with Crippen LogP contribution in [0, 0.1) is 17.7 Å². The van der Waals surface area contributed by atoms with Gasteiger partial charge in [0, 0.05) is 5.56 Å². The predicted molar refractivity (Wildman–Crippen MR) is 119 cm³/mol. The van der Waals surface area contributed by atoms with Gasteiger partial charge in [0.15, 0.2) is 0 Å². The number of halogens is 1. The lowest BCUT2D eigenvalue weighted by Gasteiger charge is -2.28. The van der Waals surface area contributed by atoms with Crippen LogP contribution in [0.15, 0.2) is 30.3 Å². The minimum absolute atomic E-state index is 0.179. The van der Waals surface area contributed by atoms with Gasteiger partial charge in [-0.3, -0.25) is 0 Å². The SMILES string of the molecule is CCCCCc1ccc(-c2ccc(CCC3CCC(CCC)CC3)cc2F)nn1. The highest BCUT2D eigenvalue weighted by Crippen LogP contribution is 2.34. The van der Waals surface area contributed by atoms with E-state index in [1.54, 1.807) is 6.07 Å². The highest BCUT2D eigenvalue weighted by atomic mass is 19.1. The summed E-state index contributed by atoms with van der Waals surface area (Å²) in [6.45, 7) is 4.48. The Morgan fingerprint density at radius 3 is 2.21 bits per heavy atom. The first-order valence-corrected chi connectivity index (χ1v) is 11.8. The van der Waals surface area contributed by atoms with Gasteiger partial charge in [0.05, 0.1) is 11.4 Å². The molecule has 0 aliphatic heterocycles. The van der Waals surface area contributed by atoms with Crippen molar-refractivity contribution in [1.82, 2.24) is 10.2 Å². The lowest BCUT2D eigenvalue weighted by molar-refractivity contribution is 0.252. The summed E-state index contributed by atoms with van der Waals surface area (Å²) in [7, 11) is 0. The molecule has 1 aromatic carbocycles. The highest BCUT2D eigenvalue weighted by Gasteiger charge is 2.20. The predicted octanol–water partition coefficient (Wildman–Crippen LogP) is 7.55. The van der Waals surface area contributed by atoms with E-state index in [0.29, 0.717) is 11.3 Å². The van der Waals surface area contributed by atoms with Crippen LogP contribution < -0.4 is 0 Å². The smallest absolute Gasteiger partial charge is 0.132 e. The summed E-state index contributed by atoms with van der Waals surface area (Å²) in [6, 6.07) is 9.54. The van der Waals surface area contributed by atoms with Crippen LogP contribution in [0.4, 0.5) is 4.39 Å². The minimum atomic E-state index is -0.179. The van der Waals surface area contributed by atoms with Gasteiger partial charge < -0.3 is 0 Å². The number of rotatable bonds is 10. The molecule has 1 saturated carbocycles. The zero-order chi connectivity index (χ0) is 20.5. The van der Waals surface area contributed by atoms with Crippen molar-refractivity contribution in [2.75, 3.05) is 0 Å².